The molecule has 0 unspecified atom stereocenters. The number of fused-ring (bicyclic) bond motifs is 1. The zero-order chi connectivity index (χ0) is 18.6. The molecule has 1 heterocycles. The quantitative estimate of drug-likeness (QED) is 0.345. The van der Waals surface area contributed by atoms with Crippen molar-refractivity contribution in [2.24, 2.45) is 5.10 Å². The van der Waals surface area contributed by atoms with E-state index < -0.39 is 0 Å². The van der Waals surface area contributed by atoms with E-state index in [1.54, 1.807) is 6.07 Å². The van der Waals surface area contributed by atoms with E-state index in [0.29, 0.717) is 11.3 Å². The van der Waals surface area contributed by atoms with Gasteiger partial charge in [-0.05, 0) is 47.2 Å². The highest BCUT2D eigenvalue weighted by Gasteiger charge is 2.06. The van der Waals surface area contributed by atoms with Gasteiger partial charge in [-0.3, -0.25) is 4.79 Å². The van der Waals surface area contributed by atoms with Crippen LogP contribution in [0.1, 0.15) is 16.1 Å². The Kier molecular flexibility index (Phi) is 4.85. The Morgan fingerprint density at radius 2 is 1.70 bits per heavy atom. The van der Waals surface area contributed by atoms with Gasteiger partial charge >= 0.3 is 0 Å². The average molecular weight is 419 g/mol. The van der Waals surface area contributed by atoms with Crippen LogP contribution in [-0.2, 0) is 0 Å². The van der Waals surface area contributed by atoms with Crippen LogP contribution in [0, 0.1) is 0 Å². The number of benzene rings is 3. The van der Waals surface area contributed by atoms with Crippen molar-refractivity contribution in [3.8, 4) is 11.3 Å². The predicted molar refractivity (Wildman–Crippen MR) is 111 cm³/mol. The molecule has 4 rings (SSSR count). The van der Waals surface area contributed by atoms with Gasteiger partial charge in [0.25, 0.3) is 5.91 Å². The normalized spacial score (nSPS) is 11.1. The molecule has 0 radical (unpaired) electrons. The molecule has 0 fully saturated rings. The number of furan rings is 1. The van der Waals surface area contributed by atoms with Gasteiger partial charge in [-0.1, -0.05) is 58.4 Å². The van der Waals surface area contributed by atoms with E-state index in [9.17, 15) is 4.79 Å². The van der Waals surface area contributed by atoms with Gasteiger partial charge in [0.1, 0.15) is 11.5 Å². The molecule has 5 heteroatoms. The topological polar surface area (TPSA) is 54.6 Å². The van der Waals surface area contributed by atoms with Crippen molar-refractivity contribution in [1.82, 2.24) is 5.43 Å². The first kappa shape index (κ1) is 17.2. The Bertz CT molecular complexity index is 1130. The van der Waals surface area contributed by atoms with E-state index in [-0.39, 0.29) is 5.91 Å². The molecule has 1 N–H and O–H groups in total. The van der Waals surface area contributed by atoms with Crippen LogP contribution in [0.2, 0.25) is 0 Å². The number of rotatable bonds is 4. The zero-order valence-corrected chi connectivity index (χ0v) is 15.8. The van der Waals surface area contributed by atoms with Crippen LogP contribution in [0.15, 0.2) is 92.9 Å². The molecule has 1 amide bonds. The van der Waals surface area contributed by atoms with E-state index in [1.807, 2.05) is 72.8 Å². The highest BCUT2D eigenvalue weighted by Crippen LogP contribution is 2.23. The zero-order valence-electron chi connectivity index (χ0n) is 14.2. The van der Waals surface area contributed by atoms with E-state index in [2.05, 4.69) is 26.5 Å². The summed E-state index contributed by atoms with van der Waals surface area (Å²) in [5, 5.41) is 6.10. The third-order valence-corrected chi connectivity index (χ3v) is 4.65. The lowest BCUT2D eigenvalue weighted by Gasteiger charge is -2.02. The van der Waals surface area contributed by atoms with Crippen molar-refractivity contribution in [1.29, 1.82) is 0 Å². The molecule has 4 nitrogen and oxygen atoms in total. The maximum absolute atomic E-state index is 12.3. The van der Waals surface area contributed by atoms with Crippen LogP contribution in [-0.4, -0.2) is 12.1 Å². The number of carbonyl (C=O) groups is 1. The van der Waals surface area contributed by atoms with E-state index in [4.69, 9.17) is 4.42 Å². The minimum absolute atomic E-state index is 0.267. The fourth-order valence-electron chi connectivity index (χ4n) is 2.74. The van der Waals surface area contributed by atoms with Crippen molar-refractivity contribution >= 4 is 38.8 Å². The van der Waals surface area contributed by atoms with Crippen LogP contribution >= 0.6 is 15.9 Å². The number of amides is 1. The Morgan fingerprint density at radius 1 is 0.926 bits per heavy atom. The van der Waals surface area contributed by atoms with Gasteiger partial charge in [-0.15, -0.1) is 0 Å². The second-order valence-corrected chi connectivity index (χ2v) is 6.89. The fourth-order valence-corrected chi connectivity index (χ4v) is 3.01. The van der Waals surface area contributed by atoms with Gasteiger partial charge in [-0.2, -0.15) is 5.10 Å². The standard InChI is InChI=1S/C22H15BrN2O2/c23-19-9-7-16(8-10-19)21-12-11-20(27-21)14-24-25-22(26)18-6-5-15-3-1-2-4-17(15)13-18/h1-14H,(H,25,26)/b24-14-. The molecule has 0 aliphatic rings. The van der Waals surface area contributed by atoms with Gasteiger partial charge in [0.15, 0.2) is 0 Å². The smallest absolute Gasteiger partial charge is 0.271 e. The predicted octanol–water partition coefficient (Wildman–Crippen LogP) is 5.63. The highest BCUT2D eigenvalue weighted by atomic mass is 79.9. The average Bonchev–Trinajstić information content (AvgIpc) is 3.17. The van der Waals surface area contributed by atoms with E-state index in [0.717, 1.165) is 26.6 Å². The fraction of sp³-hybridized carbons (Fsp3) is 0. The summed E-state index contributed by atoms with van der Waals surface area (Å²) in [4.78, 5) is 12.3. The van der Waals surface area contributed by atoms with Crippen molar-refractivity contribution in [3.05, 3.63) is 94.7 Å². The molecule has 1 aromatic heterocycles. The van der Waals surface area contributed by atoms with Gasteiger partial charge in [0.2, 0.25) is 0 Å². The number of hydrogen-bond acceptors (Lipinski definition) is 3. The van der Waals surface area contributed by atoms with Crippen molar-refractivity contribution in [2.45, 2.75) is 0 Å². The summed E-state index contributed by atoms with van der Waals surface area (Å²) in [7, 11) is 0. The maximum atomic E-state index is 12.3. The number of hydrogen-bond donors (Lipinski definition) is 1. The Morgan fingerprint density at radius 3 is 2.52 bits per heavy atom. The van der Waals surface area contributed by atoms with Crippen LogP contribution in [0.5, 0.6) is 0 Å². The number of nitrogens with zero attached hydrogens (tertiary/aromatic N) is 1. The summed E-state index contributed by atoms with van der Waals surface area (Å²) in [5.74, 6) is 1.04. The summed E-state index contributed by atoms with van der Waals surface area (Å²) in [5.41, 5.74) is 4.06. The van der Waals surface area contributed by atoms with E-state index >= 15 is 0 Å². The van der Waals surface area contributed by atoms with Crippen molar-refractivity contribution in [2.75, 3.05) is 0 Å². The largest absolute Gasteiger partial charge is 0.455 e. The van der Waals surface area contributed by atoms with E-state index in [1.165, 1.54) is 6.21 Å². The molecule has 3 aromatic carbocycles. The number of nitrogens with one attached hydrogen (secondary N) is 1. The third-order valence-electron chi connectivity index (χ3n) is 4.13. The Balaban J connectivity index is 1.44. The molecule has 27 heavy (non-hydrogen) atoms. The van der Waals surface area contributed by atoms with Gasteiger partial charge < -0.3 is 4.42 Å². The molecule has 0 spiro atoms. The molecular formula is C22H15BrN2O2. The molecule has 0 aliphatic carbocycles. The van der Waals surface area contributed by atoms with Crippen LogP contribution < -0.4 is 5.43 Å². The van der Waals surface area contributed by atoms with Crippen LogP contribution in [0.3, 0.4) is 0 Å². The highest BCUT2D eigenvalue weighted by molar-refractivity contribution is 9.10. The minimum Gasteiger partial charge on any atom is -0.455 e. The number of carbonyl (C=O) groups excluding carboxylic acids is 1. The Hall–Kier alpha value is -3.18. The second kappa shape index (κ2) is 7.60. The molecular weight excluding hydrogens is 404 g/mol. The van der Waals surface area contributed by atoms with Crippen LogP contribution in [0.25, 0.3) is 22.1 Å². The molecule has 0 atom stereocenters. The number of halogens is 1. The first-order chi connectivity index (χ1) is 13.2. The molecule has 132 valence electrons. The first-order valence-corrected chi connectivity index (χ1v) is 9.16. The summed E-state index contributed by atoms with van der Waals surface area (Å²) >= 11 is 3.41. The summed E-state index contributed by atoms with van der Waals surface area (Å²) in [6.45, 7) is 0. The first-order valence-electron chi connectivity index (χ1n) is 8.37. The third kappa shape index (κ3) is 3.99. The molecule has 0 saturated heterocycles. The minimum atomic E-state index is -0.267. The Labute approximate surface area is 164 Å². The lowest BCUT2D eigenvalue weighted by molar-refractivity contribution is 0.0955. The molecule has 0 saturated carbocycles. The summed E-state index contributed by atoms with van der Waals surface area (Å²) in [6.07, 6.45) is 1.49. The lowest BCUT2D eigenvalue weighted by atomic mass is 10.1. The van der Waals surface area contributed by atoms with Gasteiger partial charge in [0, 0.05) is 15.6 Å². The van der Waals surface area contributed by atoms with Crippen molar-refractivity contribution < 1.29 is 9.21 Å². The summed E-state index contributed by atoms with van der Waals surface area (Å²) in [6, 6.07) is 25.0. The second-order valence-electron chi connectivity index (χ2n) is 5.97. The maximum Gasteiger partial charge on any atom is 0.271 e. The summed E-state index contributed by atoms with van der Waals surface area (Å²) < 4.78 is 6.75. The SMILES string of the molecule is O=C(N/N=C\c1ccc(-c2ccc(Br)cc2)o1)c1ccc2ccccc2c1. The van der Waals surface area contributed by atoms with Crippen molar-refractivity contribution in [3.63, 3.8) is 0 Å². The molecule has 4 aromatic rings. The van der Waals surface area contributed by atoms with Gasteiger partial charge in [-0.25, -0.2) is 5.43 Å². The van der Waals surface area contributed by atoms with Gasteiger partial charge in [0.05, 0.1) is 6.21 Å². The van der Waals surface area contributed by atoms with Crippen LogP contribution in [0.4, 0.5) is 0 Å². The monoisotopic (exact) mass is 418 g/mol. The molecule has 0 bridgehead atoms. The molecule has 0 aliphatic heterocycles. The number of hydrazone groups is 1. The lowest BCUT2D eigenvalue weighted by Crippen LogP contribution is -2.17.